The van der Waals surface area contributed by atoms with Gasteiger partial charge in [0, 0.05) is 13.0 Å². The minimum absolute atomic E-state index is 0.204. The molecule has 7 nitrogen and oxygen atoms in total. The van der Waals surface area contributed by atoms with Gasteiger partial charge in [0.1, 0.15) is 0 Å². The van der Waals surface area contributed by atoms with Crippen molar-refractivity contribution in [3.8, 4) is 0 Å². The number of carbonyl (C=O) groups excluding carboxylic acids is 2. The normalized spacial score (nSPS) is 13.9. The number of rotatable bonds is 5. The van der Waals surface area contributed by atoms with Crippen LogP contribution < -0.4 is 0 Å². The van der Waals surface area contributed by atoms with Crippen LogP contribution in [0.25, 0.3) is 0 Å². The highest BCUT2D eigenvalue weighted by Crippen LogP contribution is 2.22. The van der Waals surface area contributed by atoms with Crippen LogP contribution in [0.5, 0.6) is 0 Å². The number of nitrogens with one attached hydrogen (secondary N) is 1. The van der Waals surface area contributed by atoms with Gasteiger partial charge in [-0.2, -0.15) is 5.21 Å². The summed E-state index contributed by atoms with van der Waals surface area (Å²) in [6, 6.07) is 6.91. The molecular formula is C13H13N5O2. The number of carbonyl (C=O) groups is 2. The van der Waals surface area contributed by atoms with E-state index in [1.807, 2.05) is 0 Å². The summed E-state index contributed by atoms with van der Waals surface area (Å²) in [4.78, 5) is 25.5. The number of fused-ring (bicyclic) bond motifs is 1. The largest absolute Gasteiger partial charge is 0.274 e. The van der Waals surface area contributed by atoms with Gasteiger partial charge in [-0.3, -0.25) is 14.5 Å². The first-order valence-corrected chi connectivity index (χ1v) is 6.45. The summed E-state index contributed by atoms with van der Waals surface area (Å²) in [5.74, 6) is 0.239. The Morgan fingerprint density at radius 1 is 1.05 bits per heavy atom. The van der Waals surface area contributed by atoms with Gasteiger partial charge < -0.3 is 0 Å². The summed E-state index contributed by atoms with van der Waals surface area (Å²) in [6.07, 6.45) is 2.20. The van der Waals surface area contributed by atoms with Gasteiger partial charge in [0.15, 0.2) is 5.82 Å². The summed E-state index contributed by atoms with van der Waals surface area (Å²) >= 11 is 0. The lowest BCUT2D eigenvalue weighted by atomic mass is 10.1. The first kappa shape index (κ1) is 12.5. The Morgan fingerprint density at radius 3 is 2.35 bits per heavy atom. The maximum atomic E-state index is 12.1. The predicted molar refractivity (Wildman–Crippen MR) is 68.9 cm³/mol. The summed E-state index contributed by atoms with van der Waals surface area (Å²) < 4.78 is 0. The number of benzene rings is 1. The van der Waals surface area contributed by atoms with Gasteiger partial charge in [0.2, 0.25) is 0 Å². The van der Waals surface area contributed by atoms with E-state index in [0.717, 1.165) is 12.8 Å². The van der Waals surface area contributed by atoms with Crippen molar-refractivity contribution in [2.75, 3.05) is 6.54 Å². The van der Waals surface area contributed by atoms with Crippen molar-refractivity contribution in [2.45, 2.75) is 19.3 Å². The molecule has 1 aliphatic rings. The van der Waals surface area contributed by atoms with Crippen molar-refractivity contribution in [3.05, 3.63) is 41.2 Å². The van der Waals surface area contributed by atoms with Crippen molar-refractivity contribution >= 4 is 11.8 Å². The van der Waals surface area contributed by atoms with Crippen molar-refractivity contribution < 1.29 is 9.59 Å². The van der Waals surface area contributed by atoms with Crippen LogP contribution in [0.1, 0.15) is 39.4 Å². The van der Waals surface area contributed by atoms with Gasteiger partial charge in [-0.1, -0.05) is 17.3 Å². The lowest BCUT2D eigenvalue weighted by Gasteiger charge is -2.12. The summed E-state index contributed by atoms with van der Waals surface area (Å²) in [5, 5.41) is 13.6. The molecule has 0 fully saturated rings. The fraction of sp³-hybridized carbons (Fsp3) is 0.308. The number of tetrazole rings is 1. The zero-order chi connectivity index (χ0) is 13.9. The molecule has 0 radical (unpaired) electrons. The molecule has 1 aromatic carbocycles. The van der Waals surface area contributed by atoms with Crippen molar-refractivity contribution in [2.24, 2.45) is 0 Å². The van der Waals surface area contributed by atoms with Crippen LogP contribution in [0.4, 0.5) is 0 Å². The average Bonchev–Trinajstić information content (AvgIpc) is 3.06. The van der Waals surface area contributed by atoms with Crippen LogP contribution in [-0.2, 0) is 6.42 Å². The Bertz CT molecular complexity index is 603. The molecule has 1 aromatic heterocycles. The van der Waals surface area contributed by atoms with Gasteiger partial charge in [0.05, 0.1) is 11.1 Å². The molecule has 0 unspecified atom stereocenters. The number of hydrogen-bond acceptors (Lipinski definition) is 5. The summed E-state index contributed by atoms with van der Waals surface area (Å²) in [6.45, 7) is 0.421. The number of nitrogens with zero attached hydrogens (tertiary/aromatic N) is 4. The van der Waals surface area contributed by atoms with Crippen LogP contribution >= 0.6 is 0 Å². The third-order valence-corrected chi connectivity index (χ3v) is 3.30. The average molecular weight is 271 g/mol. The Labute approximate surface area is 115 Å². The van der Waals surface area contributed by atoms with E-state index < -0.39 is 0 Å². The molecule has 1 aliphatic heterocycles. The molecular weight excluding hydrogens is 258 g/mol. The third kappa shape index (κ3) is 2.18. The highest BCUT2D eigenvalue weighted by Gasteiger charge is 2.34. The van der Waals surface area contributed by atoms with Crippen molar-refractivity contribution in [1.29, 1.82) is 0 Å². The predicted octanol–water partition coefficient (Wildman–Crippen LogP) is 0.819. The van der Waals surface area contributed by atoms with Crippen LogP contribution in [-0.4, -0.2) is 43.9 Å². The Morgan fingerprint density at radius 2 is 1.75 bits per heavy atom. The Kier molecular flexibility index (Phi) is 3.24. The van der Waals surface area contributed by atoms with E-state index in [2.05, 4.69) is 20.6 Å². The van der Waals surface area contributed by atoms with Crippen LogP contribution in [0.3, 0.4) is 0 Å². The van der Waals surface area contributed by atoms with E-state index in [1.54, 1.807) is 24.3 Å². The van der Waals surface area contributed by atoms with E-state index in [0.29, 0.717) is 29.9 Å². The minimum Gasteiger partial charge on any atom is -0.274 e. The first-order valence-electron chi connectivity index (χ1n) is 6.45. The van der Waals surface area contributed by atoms with Gasteiger partial charge in [-0.25, -0.2) is 0 Å². The van der Waals surface area contributed by atoms with E-state index >= 15 is 0 Å². The molecule has 102 valence electrons. The molecule has 2 heterocycles. The molecule has 2 amide bonds. The number of hydrogen-bond donors (Lipinski definition) is 1. The van der Waals surface area contributed by atoms with Crippen LogP contribution in [0.2, 0.25) is 0 Å². The number of aromatic amines is 1. The molecule has 0 saturated heterocycles. The molecule has 20 heavy (non-hydrogen) atoms. The molecule has 7 heteroatoms. The monoisotopic (exact) mass is 271 g/mol. The molecule has 1 N–H and O–H groups in total. The maximum absolute atomic E-state index is 12.1. The third-order valence-electron chi connectivity index (χ3n) is 3.30. The topological polar surface area (TPSA) is 91.8 Å². The van der Waals surface area contributed by atoms with Gasteiger partial charge in [-0.15, -0.1) is 10.2 Å². The maximum Gasteiger partial charge on any atom is 0.261 e. The van der Waals surface area contributed by atoms with Gasteiger partial charge in [0.25, 0.3) is 11.8 Å². The zero-order valence-corrected chi connectivity index (χ0v) is 10.7. The smallest absolute Gasteiger partial charge is 0.261 e. The van der Waals surface area contributed by atoms with Gasteiger partial charge in [-0.05, 0) is 25.0 Å². The summed E-state index contributed by atoms with van der Waals surface area (Å²) in [5.41, 5.74) is 0.992. The van der Waals surface area contributed by atoms with Crippen molar-refractivity contribution in [1.82, 2.24) is 25.5 Å². The molecule has 0 aliphatic carbocycles. The fourth-order valence-electron chi connectivity index (χ4n) is 2.28. The number of imide groups is 1. The molecule has 0 spiro atoms. The van der Waals surface area contributed by atoms with E-state index in [1.165, 1.54) is 4.90 Å². The standard InChI is InChI=1S/C13H13N5O2/c19-12-9-5-1-2-6-10(9)13(20)18(12)8-4-3-7-11-14-16-17-15-11/h1-2,5-6H,3-4,7-8H2,(H,14,15,16,17). The summed E-state index contributed by atoms with van der Waals surface area (Å²) in [7, 11) is 0. The Balaban J connectivity index is 1.57. The molecule has 0 atom stereocenters. The lowest BCUT2D eigenvalue weighted by Crippen LogP contribution is -2.30. The minimum atomic E-state index is -0.204. The molecule has 3 rings (SSSR count). The zero-order valence-electron chi connectivity index (χ0n) is 10.7. The highest BCUT2D eigenvalue weighted by atomic mass is 16.2. The number of H-pyrrole nitrogens is 1. The van der Waals surface area contributed by atoms with Crippen molar-refractivity contribution in [3.63, 3.8) is 0 Å². The number of aryl methyl sites for hydroxylation is 1. The second-order valence-electron chi connectivity index (χ2n) is 4.59. The molecule has 2 aromatic rings. The number of unbranched alkanes of at least 4 members (excludes halogenated alkanes) is 1. The molecule has 0 saturated carbocycles. The second kappa shape index (κ2) is 5.20. The van der Waals surface area contributed by atoms with E-state index in [9.17, 15) is 9.59 Å². The number of amides is 2. The van der Waals surface area contributed by atoms with Crippen LogP contribution in [0.15, 0.2) is 24.3 Å². The first-order chi connectivity index (χ1) is 9.77. The van der Waals surface area contributed by atoms with E-state index in [4.69, 9.17) is 0 Å². The SMILES string of the molecule is O=C1c2ccccc2C(=O)N1CCCCc1nn[nH]n1. The van der Waals surface area contributed by atoms with Gasteiger partial charge >= 0.3 is 0 Å². The fourth-order valence-corrected chi connectivity index (χ4v) is 2.28. The lowest BCUT2D eigenvalue weighted by molar-refractivity contribution is 0.0652. The van der Waals surface area contributed by atoms with Crippen LogP contribution in [0, 0.1) is 0 Å². The quantitative estimate of drug-likeness (QED) is 0.642. The number of aromatic nitrogens is 4. The highest BCUT2D eigenvalue weighted by molar-refractivity contribution is 6.21. The van der Waals surface area contributed by atoms with E-state index in [-0.39, 0.29) is 11.8 Å². The second-order valence-corrected chi connectivity index (χ2v) is 4.59. The Hall–Kier alpha value is -2.57. The molecule has 0 bridgehead atoms.